The highest BCUT2D eigenvalue weighted by molar-refractivity contribution is 8.00. The third-order valence-electron chi connectivity index (χ3n) is 3.63. The van der Waals surface area contributed by atoms with Crippen molar-refractivity contribution in [2.75, 3.05) is 0 Å². The van der Waals surface area contributed by atoms with Crippen LogP contribution in [0.25, 0.3) is 10.7 Å². The van der Waals surface area contributed by atoms with Crippen LogP contribution >= 0.6 is 23.1 Å². The van der Waals surface area contributed by atoms with Crippen LogP contribution in [0.15, 0.2) is 22.7 Å². The summed E-state index contributed by atoms with van der Waals surface area (Å²) in [6.45, 7) is 5.44. The fraction of sp³-hybridized carbons (Fsp3) is 0.500. The maximum Gasteiger partial charge on any atom is 0.321 e. The summed E-state index contributed by atoms with van der Waals surface area (Å²) in [6, 6.07) is 3.91. The number of nitrogens with one attached hydrogen (secondary N) is 2. The van der Waals surface area contributed by atoms with E-state index in [-0.39, 0.29) is 11.9 Å². The highest BCUT2D eigenvalue weighted by Gasteiger charge is 2.32. The van der Waals surface area contributed by atoms with Crippen LogP contribution in [0.1, 0.15) is 39.7 Å². The Morgan fingerprint density at radius 3 is 2.68 bits per heavy atom. The molecule has 2 aromatic rings. The number of aromatic nitrogens is 3. The predicted octanol–water partition coefficient (Wildman–Crippen LogP) is 3.06. The van der Waals surface area contributed by atoms with Gasteiger partial charge in [-0.3, -0.25) is 14.7 Å². The molecule has 0 spiro atoms. The lowest BCUT2D eigenvalue weighted by molar-refractivity contribution is -0.119. The molecule has 0 aromatic carbocycles. The second-order valence-electron chi connectivity index (χ2n) is 6.26. The van der Waals surface area contributed by atoms with E-state index in [0.29, 0.717) is 6.04 Å². The molecule has 1 atom stereocenters. The third-order valence-corrected chi connectivity index (χ3v) is 5.55. The van der Waals surface area contributed by atoms with Gasteiger partial charge in [0, 0.05) is 12.1 Å². The summed E-state index contributed by atoms with van der Waals surface area (Å²) in [6.07, 6.45) is 2.20. The van der Waals surface area contributed by atoms with E-state index in [2.05, 4.69) is 25.4 Å². The van der Waals surface area contributed by atoms with E-state index in [4.69, 9.17) is 0 Å². The van der Waals surface area contributed by atoms with Gasteiger partial charge in [0.1, 0.15) is 0 Å². The van der Waals surface area contributed by atoms with Crippen molar-refractivity contribution in [3.8, 4) is 10.7 Å². The molecule has 0 radical (unpaired) electrons. The Morgan fingerprint density at radius 2 is 2.08 bits per heavy atom. The first kappa shape index (κ1) is 17.9. The monoisotopic (exact) mass is 379 g/mol. The molecule has 3 amide bonds. The molecule has 0 aliphatic heterocycles. The van der Waals surface area contributed by atoms with Crippen LogP contribution in [-0.4, -0.2) is 38.0 Å². The lowest BCUT2D eigenvalue weighted by Gasteiger charge is -2.14. The minimum Gasteiger partial charge on any atom is -0.336 e. The molecule has 2 aromatic heterocycles. The predicted molar refractivity (Wildman–Crippen MR) is 98.7 cm³/mol. The highest BCUT2D eigenvalue weighted by Crippen LogP contribution is 2.42. The largest absolute Gasteiger partial charge is 0.336 e. The van der Waals surface area contributed by atoms with Crippen molar-refractivity contribution in [1.82, 2.24) is 25.4 Å². The summed E-state index contributed by atoms with van der Waals surface area (Å²) in [7, 11) is 0. The molecule has 0 bridgehead atoms. The molecule has 1 fully saturated rings. The average Bonchev–Trinajstić information content (AvgIpc) is 3.07. The standard InChI is InChI=1S/C16H21N5O2S2/c1-9(2)17-15(23)18-14(22)10(3)25-16-20-19-13(12-5-4-8-24-12)21(16)11-6-7-11/h4-5,8-11H,6-7H2,1-3H3,(H2,17,18,22,23). The van der Waals surface area contributed by atoms with E-state index in [9.17, 15) is 9.59 Å². The van der Waals surface area contributed by atoms with Crippen LogP contribution in [0.4, 0.5) is 4.79 Å². The average molecular weight is 380 g/mol. The van der Waals surface area contributed by atoms with Crippen molar-refractivity contribution in [2.24, 2.45) is 0 Å². The molecule has 1 saturated carbocycles. The Bertz CT molecular complexity index is 753. The molecule has 0 saturated heterocycles. The van der Waals surface area contributed by atoms with Gasteiger partial charge < -0.3 is 5.32 Å². The molecule has 3 rings (SSSR count). The number of amides is 3. The molecule has 7 nitrogen and oxygen atoms in total. The van der Waals surface area contributed by atoms with Gasteiger partial charge in [0.15, 0.2) is 11.0 Å². The van der Waals surface area contributed by atoms with Crippen LogP contribution in [-0.2, 0) is 4.79 Å². The number of carbonyl (C=O) groups excluding carboxylic acids is 2. The van der Waals surface area contributed by atoms with Crippen LogP contribution in [0.3, 0.4) is 0 Å². The molecule has 1 aliphatic rings. The van der Waals surface area contributed by atoms with Crippen molar-refractivity contribution >= 4 is 35.0 Å². The fourth-order valence-corrected chi connectivity index (χ4v) is 3.94. The summed E-state index contributed by atoms with van der Waals surface area (Å²) in [4.78, 5) is 25.0. The van der Waals surface area contributed by atoms with Gasteiger partial charge >= 0.3 is 6.03 Å². The summed E-state index contributed by atoms with van der Waals surface area (Å²) in [5, 5.41) is 15.9. The Kier molecular flexibility index (Phi) is 5.43. The molecule has 25 heavy (non-hydrogen) atoms. The lowest BCUT2D eigenvalue weighted by atomic mass is 10.4. The second-order valence-corrected chi connectivity index (χ2v) is 8.52. The smallest absolute Gasteiger partial charge is 0.321 e. The number of urea groups is 1. The van der Waals surface area contributed by atoms with Gasteiger partial charge in [0.2, 0.25) is 5.91 Å². The van der Waals surface area contributed by atoms with Crippen molar-refractivity contribution < 1.29 is 9.59 Å². The number of imide groups is 1. The van der Waals surface area contributed by atoms with Crippen molar-refractivity contribution in [3.05, 3.63) is 17.5 Å². The van der Waals surface area contributed by atoms with E-state index in [1.807, 2.05) is 31.4 Å². The van der Waals surface area contributed by atoms with Crippen LogP contribution in [0.2, 0.25) is 0 Å². The number of hydrogen-bond donors (Lipinski definition) is 2. The number of thiophene rings is 1. The number of nitrogens with zero attached hydrogens (tertiary/aromatic N) is 3. The molecule has 2 heterocycles. The van der Waals surface area contributed by atoms with E-state index in [1.54, 1.807) is 18.3 Å². The van der Waals surface area contributed by atoms with Crippen LogP contribution in [0.5, 0.6) is 0 Å². The summed E-state index contributed by atoms with van der Waals surface area (Å²) in [5.41, 5.74) is 0. The molecule has 1 aliphatic carbocycles. The van der Waals surface area contributed by atoms with Gasteiger partial charge in [-0.2, -0.15) is 0 Å². The van der Waals surface area contributed by atoms with Gasteiger partial charge in [0.05, 0.1) is 10.1 Å². The zero-order valence-corrected chi connectivity index (χ0v) is 16.0. The lowest BCUT2D eigenvalue weighted by Crippen LogP contribution is -2.45. The summed E-state index contributed by atoms with van der Waals surface area (Å²) in [5.74, 6) is 0.510. The van der Waals surface area contributed by atoms with Crippen LogP contribution < -0.4 is 10.6 Å². The fourth-order valence-electron chi connectivity index (χ4n) is 2.32. The normalized spacial score (nSPS) is 15.2. The van der Waals surface area contributed by atoms with E-state index >= 15 is 0 Å². The van der Waals surface area contributed by atoms with Crippen LogP contribution in [0, 0.1) is 0 Å². The minimum absolute atomic E-state index is 0.0259. The molecule has 134 valence electrons. The first-order valence-corrected chi connectivity index (χ1v) is 9.98. The zero-order valence-electron chi connectivity index (χ0n) is 14.4. The quantitative estimate of drug-likeness (QED) is 0.753. The Labute approximate surface area is 154 Å². The van der Waals surface area contributed by atoms with E-state index in [0.717, 1.165) is 28.7 Å². The third kappa shape index (κ3) is 4.40. The molecule has 2 N–H and O–H groups in total. The molecular weight excluding hydrogens is 358 g/mol. The first-order chi connectivity index (χ1) is 12.0. The summed E-state index contributed by atoms with van der Waals surface area (Å²) < 4.78 is 2.12. The van der Waals surface area contributed by atoms with E-state index in [1.165, 1.54) is 11.8 Å². The van der Waals surface area contributed by atoms with Gasteiger partial charge in [-0.15, -0.1) is 21.5 Å². The Morgan fingerprint density at radius 1 is 1.32 bits per heavy atom. The second kappa shape index (κ2) is 7.57. The number of hydrogen-bond acceptors (Lipinski definition) is 6. The van der Waals surface area contributed by atoms with Crippen molar-refractivity contribution in [1.29, 1.82) is 0 Å². The van der Waals surface area contributed by atoms with Crippen molar-refractivity contribution in [3.63, 3.8) is 0 Å². The first-order valence-electron chi connectivity index (χ1n) is 8.22. The topological polar surface area (TPSA) is 88.9 Å². The zero-order chi connectivity index (χ0) is 18.0. The van der Waals surface area contributed by atoms with Gasteiger partial charge in [0.25, 0.3) is 0 Å². The highest BCUT2D eigenvalue weighted by atomic mass is 32.2. The number of carbonyl (C=O) groups is 2. The Hall–Kier alpha value is -1.87. The molecule has 1 unspecified atom stereocenters. The maximum atomic E-state index is 12.2. The maximum absolute atomic E-state index is 12.2. The number of thioether (sulfide) groups is 1. The minimum atomic E-state index is -0.476. The van der Waals surface area contributed by atoms with Gasteiger partial charge in [-0.1, -0.05) is 17.8 Å². The number of rotatable bonds is 6. The van der Waals surface area contributed by atoms with Gasteiger partial charge in [-0.25, -0.2) is 4.79 Å². The van der Waals surface area contributed by atoms with Gasteiger partial charge in [-0.05, 0) is 45.1 Å². The summed E-state index contributed by atoms with van der Waals surface area (Å²) >= 11 is 2.95. The molecule has 9 heteroatoms. The Balaban J connectivity index is 1.70. The van der Waals surface area contributed by atoms with Crippen molar-refractivity contribution in [2.45, 2.75) is 56.1 Å². The molecular formula is C16H21N5O2S2. The van der Waals surface area contributed by atoms with E-state index < -0.39 is 11.3 Å². The SMILES string of the molecule is CC(C)NC(=O)NC(=O)C(C)Sc1nnc(-c2cccs2)n1C1CC1.